The molecule has 13 nitrogen and oxygen atoms in total. The van der Waals surface area contributed by atoms with Crippen molar-refractivity contribution in [3.8, 4) is 0 Å². The number of hydrogen-bond donors (Lipinski definition) is 2. The molecule has 1 aliphatic carbocycles. The molecule has 2 aliphatic rings. The van der Waals surface area contributed by atoms with Gasteiger partial charge in [-0.05, 0) is 25.2 Å². The third-order valence-corrected chi connectivity index (χ3v) is 6.05. The average Bonchev–Trinajstić information content (AvgIpc) is 3.42. The molecule has 1 amide bonds. The van der Waals surface area contributed by atoms with Gasteiger partial charge in [-0.25, -0.2) is 9.36 Å². The number of H-pyrrole nitrogens is 1. The number of anilines is 1. The molecule has 0 unspecified atom stereocenters. The van der Waals surface area contributed by atoms with Gasteiger partial charge in [0.05, 0.1) is 0 Å². The summed E-state index contributed by atoms with van der Waals surface area (Å²) in [6, 6.07) is 0. The lowest BCUT2D eigenvalue weighted by molar-refractivity contribution is -0.158. The maximum Gasteiger partial charge on any atom is 0.332 e. The second-order valence-electron chi connectivity index (χ2n) is 8.98. The Morgan fingerprint density at radius 3 is 2.49 bits per heavy atom. The summed E-state index contributed by atoms with van der Waals surface area (Å²) in [5.74, 6) is -1.39. The molecule has 0 radical (unpaired) electrons. The molecule has 2 aromatic rings. The highest BCUT2D eigenvalue weighted by Gasteiger charge is 2.45. The molecule has 0 aromatic carbocycles. The van der Waals surface area contributed by atoms with Crippen LogP contribution in [0.25, 0.3) is 11.2 Å². The number of imidazole rings is 1. The molecule has 4 atom stereocenters. The number of nitrogens with zero attached hydrogens (tertiary/aromatic N) is 3. The molecule has 2 fully saturated rings. The molecule has 3 heterocycles. The molecule has 0 spiro atoms. The molecule has 4 rings (SSSR count). The number of carbonyl (C=O) groups is 3. The topological polar surface area (TPSA) is 164 Å². The predicted molar refractivity (Wildman–Crippen MR) is 122 cm³/mol. The second-order valence-corrected chi connectivity index (χ2v) is 8.98. The molecule has 190 valence electrons. The van der Waals surface area contributed by atoms with Gasteiger partial charge in [-0.15, -0.1) is 0 Å². The van der Waals surface area contributed by atoms with Crippen LogP contribution in [0.4, 0.5) is 5.95 Å². The zero-order chi connectivity index (χ0) is 25.4. The van der Waals surface area contributed by atoms with Crippen molar-refractivity contribution in [2.75, 3.05) is 5.32 Å². The van der Waals surface area contributed by atoms with E-state index in [9.17, 15) is 24.0 Å². The van der Waals surface area contributed by atoms with E-state index in [1.807, 2.05) is 6.92 Å². The maximum absolute atomic E-state index is 13.6. The standard InChI is InChI=1S/C22H29N5O8/c1-5-14(33-11(3)29)15-8-16(34-12(4)30)20(35-15)27-18-17(26(22(27)32)9-13-6-7-13)19(31)25-21(24-18)23-10(2)28/h13-16,20H,5-9H2,1-4H3,(H2,23,24,25,28,31)/t14-,15-,16+,20+/m0/s1. The summed E-state index contributed by atoms with van der Waals surface area (Å²) in [4.78, 5) is 68.4. The van der Waals surface area contributed by atoms with Gasteiger partial charge in [-0.3, -0.25) is 34.0 Å². The van der Waals surface area contributed by atoms with Gasteiger partial charge in [0.15, 0.2) is 17.4 Å². The van der Waals surface area contributed by atoms with Crippen molar-refractivity contribution in [1.82, 2.24) is 19.1 Å². The van der Waals surface area contributed by atoms with Crippen LogP contribution in [0.15, 0.2) is 9.59 Å². The molecule has 1 saturated carbocycles. The van der Waals surface area contributed by atoms with Crippen LogP contribution < -0.4 is 16.6 Å². The summed E-state index contributed by atoms with van der Waals surface area (Å²) in [5, 5.41) is 2.42. The first-order chi connectivity index (χ1) is 16.6. The lowest BCUT2D eigenvalue weighted by atomic mass is 10.1. The maximum atomic E-state index is 13.6. The number of aromatic amines is 1. The number of hydrogen-bond acceptors (Lipinski definition) is 9. The van der Waals surface area contributed by atoms with Crippen LogP contribution in [0.5, 0.6) is 0 Å². The normalized spacial score (nSPS) is 22.7. The van der Waals surface area contributed by atoms with Gasteiger partial charge in [0.2, 0.25) is 11.9 Å². The summed E-state index contributed by atoms with van der Waals surface area (Å²) in [5.41, 5.74) is -1.11. The van der Waals surface area contributed by atoms with E-state index in [0.29, 0.717) is 13.0 Å². The van der Waals surface area contributed by atoms with Crippen LogP contribution in [0, 0.1) is 5.92 Å². The van der Waals surface area contributed by atoms with Crippen molar-refractivity contribution in [2.45, 2.75) is 84.5 Å². The van der Waals surface area contributed by atoms with Crippen LogP contribution in [-0.4, -0.2) is 55.3 Å². The first kappa shape index (κ1) is 24.6. The first-order valence-electron chi connectivity index (χ1n) is 11.6. The van der Waals surface area contributed by atoms with Gasteiger partial charge in [0.1, 0.15) is 18.3 Å². The van der Waals surface area contributed by atoms with Crippen LogP contribution in [-0.2, 0) is 35.1 Å². The highest BCUT2D eigenvalue weighted by molar-refractivity contribution is 5.87. The smallest absolute Gasteiger partial charge is 0.332 e. The third-order valence-electron chi connectivity index (χ3n) is 6.05. The lowest BCUT2D eigenvalue weighted by Crippen LogP contribution is -2.34. The Kier molecular flexibility index (Phi) is 6.79. The quantitative estimate of drug-likeness (QED) is 0.509. The van der Waals surface area contributed by atoms with Crippen LogP contribution in [0.1, 0.15) is 59.6 Å². The van der Waals surface area contributed by atoms with Crippen molar-refractivity contribution in [2.24, 2.45) is 5.92 Å². The number of nitrogens with one attached hydrogen (secondary N) is 2. The van der Waals surface area contributed by atoms with Crippen LogP contribution in [0.3, 0.4) is 0 Å². The predicted octanol–water partition coefficient (Wildman–Crippen LogP) is 0.816. The van der Waals surface area contributed by atoms with Gasteiger partial charge in [0, 0.05) is 33.7 Å². The molecule has 0 bridgehead atoms. The first-order valence-corrected chi connectivity index (χ1v) is 11.6. The number of esters is 2. The lowest BCUT2D eigenvalue weighted by Gasteiger charge is -2.22. The minimum atomic E-state index is -1.12. The summed E-state index contributed by atoms with van der Waals surface area (Å²) in [6.45, 7) is 5.93. The highest BCUT2D eigenvalue weighted by Crippen LogP contribution is 2.36. The Morgan fingerprint density at radius 1 is 1.20 bits per heavy atom. The fourth-order valence-electron chi connectivity index (χ4n) is 4.45. The molecule has 1 aliphatic heterocycles. The summed E-state index contributed by atoms with van der Waals surface area (Å²) in [7, 11) is 0. The molecule has 1 saturated heterocycles. The van der Waals surface area contributed by atoms with E-state index in [1.54, 1.807) is 0 Å². The van der Waals surface area contributed by atoms with E-state index in [1.165, 1.54) is 29.9 Å². The van der Waals surface area contributed by atoms with Crippen molar-refractivity contribution in [3.05, 3.63) is 20.8 Å². The Labute approximate surface area is 199 Å². The van der Waals surface area contributed by atoms with Crippen molar-refractivity contribution in [1.29, 1.82) is 0 Å². The number of amides is 1. The van der Waals surface area contributed by atoms with Gasteiger partial charge in [0.25, 0.3) is 5.56 Å². The fraction of sp³-hybridized carbons (Fsp3) is 0.636. The molecule has 35 heavy (non-hydrogen) atoms. The van der Waals surface area contributed by atoms with E-state index < -0.39 is 53.6 Å². The van der Waals surface area contributed by atoms with Gasteiger partial charge in [-0.2, -0.15) is 4.98 Å². The monoisotopic (exact) mass is 491 g/mol. The van der Waals surface area contributed by atoms with E-state index in [2.05, 4.69) is 15.3 Å². The van der Waals surface area contributed by atoms with E-state index in [-0.39, 0.29) is 29.5 Å². The molecular formula is C22H29N5O8. The number of rotatable bonds is 8. The number of fused-ring (bicyclic) bond motifs is 1. The summed E-state index contributed by atoms with van der Waals surface area (Å²) < 4.78 is 19.5. The zero-order valence-corrected chi connectivity index (χ0v) is 20.0. The average molecular weight is 492 g/mol. The Balaban J connectivity index is 1.85. The molecule has 13 heteroatoms. The van der Waals surface area contributed by atoms with E-state index in [0.717, 1.165) is 12.8 Å². The number of ether oxygens (including phenoxy) is 3. The third kappa shape index (κ3) is 5.14. The second kappa shape index (κ2) is 9.64. The van der Waals surface area contributed by atoms with Crippen molar-refractivity contribution < 1.29 is 28.6 Å². The molecule has 2 aromatic heterocycles. The van der Waals surface area contributed by atoms with Crippen LogP contribution in [0.2, 0.25) is 0 Å². The molecular weight excluding hydrogens is 462 g/mol. The largest absolute Gasteiger partial charge is 0.460 e. The Hall–Kier alpha value is -3.48. The van der Waals surface area contributed by atoms with E-state index in [4.69, 9.17) is 14.2 Å². The minimum Gasteiger partial charge on any atom is -0.460 e. The Morgan fingerprint density at radius 2 is 1.91 bits per heavy atom. The van der Waals surface area contributed by atoms with Crippen molar-refractivity contribution in [3.63, 3.8) is 0 Å². The summed E-state index contributed by atoms with van der Waals surface area (Å²) in [6.07, 6.45) is -0.832. The fourth-order valence-corrected chi connectivity index (χ4v) is 4.45. The minimum absolute atomic E-state index is 0.00788. The summed E-state index contributed by atoms with van der Waals surface area (Å²) >= 11 is 0. The van der Waals surface area contributed by atoms with Gasteiger partial charge >= 0.3 is 17.6 Å². The van der Waals surface area contributed by atoms with Gasteiger partial charge in [-0.1, -0.05) is 6.92 Å². The number of aromatic nitrogens is 4. The van der Waals surface area contributed by atoms with Crippen LogP contribution >= 0.6 is 0 Å². The van der Waals surface area contributed by atoms with Gasteiger partial charge < -0.3 is 14.2 Å². The zero-order valence-electron chi connectivity index (χ0n) is 20.0. The Bertz CT molecular complexity index is 1270. The SMILES string of the molecule is CC[C@H](OC(C)=O)[C@@H]1C[C@@H](OC(C)=O)[C@H](n2c(=O)n(CC3CC3)c3c(=O)[nH]c(NC(C)=O)nc32)O1. The van der Waals surface area contributed by atoms with E-state index >= 15 is 0 Å². The molecule has 2 N–H and O–H groups in total. The number of carbonyl (C=O) groups excluding carboxylic acids is 3. The van der Waals surface area contributed by atoms with Crippen molar-refractivity contribution >= 4 is 35.0 Å². The highest BCUT2D eigenvalue weighted by atomic mass is 16.6.